The van der Waals surface area contributed by atoms with E-state index in [0.29, 0.717) is 4.90 Å². The minimum Gasteiger partial charge on any atom is -0.449 e. The predicted octanol–water partition coefficient (Wildman–Crippen LogP) is 3.07. The van der Waals surface area contributed by atoms with Gasteiger partial charge in [0, 0.05) is 10.9 Å². The zero-order chi connectivity index (χ0) is 20.5. The lowest BCUT2D eigenvalue weighted by Crippen LogP contribution is -2.48. The molecule has 0 saturated heterocycles. The Morgan fingerprint density at radius 3 is 2.50 bits per heavy atom. The maximum atomic E-state index is 12.4. The molecule has 3 amide bonds. The van der Waals surface area contributed by atoms with Gasteiger partial charge in [0.2, 0.25) is 0 Å². The van der Waals surface area contributed by atoms with Crippen LogP contribution in [-0.2, 0) is 14.3 Å². The maximum Gasteiger partial charge on any atom is 0.340 e. The molecule has 152 valence electrons. The molecular weight excluding hydrogens is 380 g/mol. The third-order valence-corrected chi connectivity index (χ3v) is 5.59. The summed E-state index contributed by atoms with van der Waals surface area (Å²) < 4.78 is 5.21. The quantitative estimate of drug-likeness (QED) is 0.533. The van der Waals surface area contributed by atoms with Crippen molar-refractivity contribution in [3.63, 3.8) is 0 Å². The fourth-order valence-corrected chi connectivity index (χ4v) is 3.74. The van der Waals surface area contributed by atoms with Crippen LogP contribution in [0.2, 0.25) is 0 Å². The van der Waals surface area contributed by atoms with Crippen molar-refractivity contribution < 1.29 is 23.9 Å². The Kier molecular flexibility index (Phi) is 8.50. The molecule has 8 heteroatoms. The Labute approximate surface area is 169 Å². The van der Waals surface area contributed by atoms with E-state index in [2.05, 4.69) is 10.6 Å². The number of carbonyl (C=O) groups is 4. The van der Waals surface area contributed by atoms with Gasteiger partial charge in [-0.1, -0.05) is 31.4 Å². The topological polar surface area (TPSA) is 102 Å². The highest BCUT2D eigenvalue weighted by Gasteiger charge is 2.23. The molecule has 1 aliphatic rings. The highest BCUT2D eigenvalue weighted by Crippen LogP contribution is 2.23. The zero-order valence-electron chi connectivity index (χ0n) is 16.2. The van der Waals surface area contributed by atoms with Gasteiger partial charge in [-0.15, -0.1) is 11.8 Å². The molecule has 0 spiro atoms. The second-order valence-corrected chi connectivity index (χ2v) is 7.85. The lowest BCUT2D eigenvalue weighted by Gasteiger charge is -2.23. The van der Waals surface area contributed by atoms with Crippen LogP contribution in [0.15, 0.2) is 29.2 Å². The number of carbonyl (C=O) groups excluding carboxylic acids is 4. The number of hydrogen-bond donors (Lipinski definition) is 2. The summed E-state index contributed by atoms with van der Waals surface area (Å²) in [5.74, 6) is -1.13. The molecule has 0 heterocycles. The van der Waals surface area contributed by atoms with E-state index in [1.165, 1.54) is 25.6 Å². The molecule has 1 atom stereocenters. The van der Waals surface area contributed by atoms with E-state index >= 15 is 0 Å². The number of amides is 3. The number of ether oxygens (including phenoxy) is 1. The van der Waals surface area contributed by atoms with Crippen molar-refractivity contribution in [3.05, 3.63) is 29.8 Å². The summed E-state index contributed by atoms with van der Waals surface area (Å²) in [7, 11) is 0. The number of urea groups is 1. The van der Waals surface area contributed by atoms with Gasteiger partial charge in [0.25, 0.3) is 5.91 Å². The van der Waals surface area contributed by atoms with Crippen molar-refractivity contribution >= 4 is 35.5 Å². The normalized spacial score (nSPS) is 15.4. The van der Waals surface area contributed by atoms with Crippen LogP contribution in [0, 0.1) is 0 Å². The van der Waals surface area contributed by atoms with Gasteiger partial charge in [-0.05, 0) is 38.8 Å². The van der Waals surface area contributed by atoms with Crippen LogP contribution in [0.25, 0.3) is 0 Å². The Balaban J connectivity index is 1.88. The van der Waals surface area contributed by atoms with Gasteiger partial charge in [0.1, 0.15) is 5.78 Å². The van der Waals surface area contributed by atoms with E-state index in [1.54, 1.807) is 24.3 Å². The molecule has 1 aromatic rings. The number of thioether (sulfide) groups is 1. The largest absolute Gasteiger partial charge is 0.449 e. The number of Topliss-reactive ketones (excluding diaryl/α,β-unsaturated/α-hetero) is 1. The smallest absolute Gasteiger partial charge is 0.340 e. The number of esters is 1. The lowest BCUT2D eigenvalue weighted by molar-refractivity contribution is -0.128. The summed E-state index contributed by atoms with van der Waals surface area (Å²) in [6.45, 7) is 2.88. The SMILES string of the molecule is CC(=O)CSc1ccccc1C(=O)O[C@@H](C)C(=O)NC(=O)NC1CCCCC1. The van der Waals surface area contributed by atoms with Crippen LogP contribution in [0.1, 0.15) is 56.3 Å². The molecule has 0 radical (unpaired) electrons. The molecule has 28 heavy (non-hydrogen) atoms. The molecular formula is C20H26N2O5S. The van der Waals surface area contributed by atoms with E-state index in [4.69, 9.17) is 4.74 Å². The number of nitrogens with one attached hydrogen (secondary N) is 2. The van der Waals surface area contributed by atoms with Gasteiger partial charge in [0.15, 0.2) is 6.10 Å². The van der Waals surface area contributed by atoms with Crippen molar-refractivity contribution in [2.24, 2.45) is 0 Å². The van der Waals surface area contributed by atoms with Crippen molar-refractivity contribution in [2.75, 3.05) is 5.75 Å². The molecule has 1 fully saturated rings. The molecule has 0 aromatic heterocycles. The third kappa shape index (κ3) is 6.99. The van der Waals surface area contributed by atoms with Crippen molar-refractivity contribution in [1.82, 2.24) is 10.6 Å². The number of imide groups is 1. The number of rotatable bonds is 7. The summed E-state index contributed by atoms with van der Waals surface area (Å²) >= 11 is 1.23. The minimum absolute atomic E-state index is 0.00936. The summed E-state index contributed by atoms with van der Waals surface area (Å²) in [5.41, 5.74) is 0.278. The summed E-state index contributed by atoms with van der Waals surface area (Å²) in [5, 5.41) is 5.00. The Morgan fingerprint density at radius 1 is 1.14 bits per heavy atom. The predicted molar refractivity (Wildman–Crippen MR) is 106 cm³/mol. The van der Waals surface area contributed by atoms with Crippen LogP contribution >= 0.6 is 11.8 Å². The molecule has 0 unspecified atom stereocenters. The molecule has 0 aliphatic heterocycles. The first-order chi connectivity index (χ1) is 13.4. The lowest BCUT2D eigenvalue weighted by atomic mass is 9.96. The second-order valence-electron chi connectivity index (χ2n) is 6.83. The van der Waals surface area contributed by atoms with Gasteiger partial charge in [0.05, 0.1) is 11.3 Å². The summed E-state index contributed by atoms with van der Waals surface area (Å²) in [4.78, 5) is 48.3. The van der Waals surface area contributed by atoms with Crippen LogP contribution in [0.4, 0.5) is 4.79 Å². The monoisotopic (exact) mass is 406 g/mol. The molecule has 1 aromatic carbocycles. The van der Waals surface area contributed by atoms with Gasteiger partial charge in [-0.3, -0.25) is 14.9 Å². The van der Waals surface area contributed by atoms with Gasteiger partial charge in [-0.2, -0.15) is 0 Å². The molecule has 2 N–H and O–H groups in total. The standard InChI is InChI=1S/C20H26N2O5S/c1-13(23)12-28-17-11-7-6-10-16(17)19(25)27-14(2)18(24)22-20(26)21-15-8-4-3-5-9-15/h6-7,10-11,14-15H,3-5,8-9,12H2,1-2H3,(H2,21,22,24,26)/t14-/m0/s1. The average molecular weight is 407 g/mol. The van der Waals surface area contributed by atoms with E-state index in [1.807, 2.05) is 0 Å². The first-order valence-electron chi connectivity index (χ1n) is 9.40. The first-order valence-corrected chi connectivity index (χ1v) is 10.4. The first kappa shape index (κ1) is 21.9. The van der Waals surface area contributed by atoms with Crippen LogP contribution < -0.4 is 10.6 Å². The van der Waals surface area contributed by atoms with E-state index < -0.39 is 24.0 Å². The second kappa shape index (κ2) is 10.8. The highest BCUT2D eigenvalue weighted by molar-refractivity contribution is 8.00. The van der Waals surface area contributed by atoms with E-state index in [0.717, 1.165) is 32.1 Å². The van der Waals surface area contributed by atoms with Crippen molar-refractivity contribution in [2.45, 2.75) is 63.0 Å². The summed E-state index contributed by atoms with van der Waals surface area (Å²) in [6.07, 6.45) is 3.97. The number of ketones is 1. The molecule has 2 rings (SSSR count). The van der Waals surface area contributed by atoms with Crippen molar-refractivity contribution in [1.29, 1.82) is 0 Å². The van der Waals surface area contributed by atoms with Crippen molar-refractivity contribution in [3.8, 4) is 0 Å². The van der Waals surface area contributed by atoms with E-state index in [-0.39, 0.29) is 23.1 Å². The molecule has 7 nitrogen and oxygen atoms in total. The fraction of sp³-hybridized carbons (Fsp3) is 0.500. The van der Waals surface area contributed by atoms with Crippen LogP contribution in [-0.4, -0.2) is 41.6 Å². The van der Waals surface area contributed by atoms with E-state index in [9.17, 15) is 19.2 Å². The van der Waals surface area contributed by atoms with Crippen LogP contribution in [0.3, 0.4) is 0 Å². The molecule has 1 aliphatic carbocycles. The fourth-order valence-electron chi connectivity index (χ4n) is 2.90. The number of benzene rings is 1. The highest BCUT2D eigenvalue weighted by atomic mass is 32.2. The average Bonchev–Trinajstić information content (AvgIpc) is 2.67. The Hall–Kier alpha value is -2.35. The van der Waals surface area contributed by atoms with Gasteiger partial charge < -0.3 is 10.1 Å². The Morgan fingerprint density at radius 2 is 1.82 bits per heavy atom. The Bertz CT molecular complexity index is 731. The molecule has 1 saturated carbocycles. The summed E-state index contributed by atoms with van der Waals surface area (Å²) in [6, 6.07) is 6.22. The van der Waals surface area contributed by atoms with Gasteiger partial charge in [-0.25, -0.2) is 9.59 Å². The van der Waals surface area contributed by atoms with Gasteiger partial charge >= 0.3 is 12.0 Å². The third-order valence-electron chi connectivity index (χ3n) is 4.37. The number of hydrogen-bond acceptors (Lipinski definition) is 6. The minimum atomic E-state index is -1.13. The zero-order valence-corrected chi connectivity index (χ0v) is 17.0. The maximum absolute atomic E-state index is 12.4. The molecule has 0 bridgehead atoms. The van der Waals surface area contributed by atoms with Crippen LogP contribution in [0.5, 0.6) is 0 Å².